The maximum atomic E-state index is 10.3. The van der Waals surface area contributed by atoms with E-state index < -0.39 is 12.0 Å². The Bertz CT molecular complexity index is 179. The first-order chi connectivity index (χ1) is 4.74. The smallest absolute Gasteiger partial charge is 0.328 e. The fourth-order valence-corrected chi connectivity index (χ4v) is 1.14. The molecule has 10 heavy (non-hydrogen) atoms. The van der Waals surface area contributed by atoms with E-state index in [4.69, 9.17) is 16.7 Å². The number of aliphatic imine (C=N–C) groups is 1. The van der Waals surface area contributed by atoms with Crippen LogP contribution in [0, 0.1) is 0 Å². The van der Waals surface area contributed by atoms with E-state index in [9.17, 15) is 4.79 Å². The molecule has 1 heterocycles. The van der Waals surface area contributed by atoms with Gasteiger partial charge in [-0.1, -0.05) is 0 Å². The molecule has 1 atom stereocenters. The van der Waals surface area contributed by atoms with Crippen LogP contribution in [-0.4, -0.2) is 28.7 Å². The van der Waals surface area contributed by atoms with E-state index in [2.05, 4.69) is 4.99 Å². The summed E-state index contributed by atoms with van der Waals surface area (Å²) in [7, 11) is 0. The second kappa shape index (κ2) is 3.01. The van der Waals surface area contributed by atoms with Crippen molar-refractivity contribution in [2.24, 2.45) is 4.99 Å². The number of alkyl halides is 1. The van der Waals surface area contributed by atoms with Gasteiger partial charge in [0.25, 0.3) is 0 Å². The van der Waals surface area contributed by atoms with Gasteiger partial charge in [-0.2, -0.15) is 0 Å². The van der Waals surface area contributed by atoms with Gasteiger partial charge in [-0.25, -0.2) is 4.79 Å². The Morgan fingerprint density at radius 2 is 2.60 bits per heavy atom. The summed E-state index contributed by atoms with van der Waals surface area (Å²) in [6, 6.07) is -0.534. The third-order valence-corrected chi connectivity index (χ3v) is 1.79. The summed E-state index contributed by atoms with van der Waals surface area (Å²) in [5, 5.41) is 8.48. The quantitative estimate of drug-likeness (QED) is 0.613. The number of hydrogen-bond donors (Lipinski definition) is 1. The van der Waals surface area contributed by atoms with Gasteiger partial charge in [-0.3, -0.25) is 4.99 Å². The van der Waals surface area contributed by atoms with Crippen molar-refractivity contribution in [1.82, 2.24) is 0 Å². The van der Waals surface area contributed by atoms with Gasteiger partial charge in [0.15, 0.2) is 0 Å². The zero-order valence-electron chi connectivity index (χ0n) is 5.38. The van der Waals surface area contributed by atoms with E-state index in [-0.39, 0.29) is 0 Å². The van der Waals surface area contributed by atoms with Crippen molar-refractivity contribution in [1.29, 1.82) is 0 Å². The Morgan fingerprint density at radius 1 is 1.90 bits per heavy atom. The predicted octanol–water partition coefficient (Wildman–Crippen LogP) is 0.913. The average molecular weight is 162 g/mol. The van der Waals surface area contributed by atoms with Crippen LogP contribution in [0.4, 0.5) is 0 Å². The molecule has 0 bridgehead atoms. The highest BCUT2D eigenvalue weighted by atomic mass is 35.5. The molecule has 56 valence electrons. The van der Waals surface area contributed by atoms with E-state index in [0.29, 0.717) is 12.3 Å². The molecule has 1 aliphatic rings. The minimum Gasteiger partial charge on any atom is -0.480 e. The van der Waals surface area contributed by atoms with Gasteiger partial charge < -0.3 is 5.11 Å². The predicted molar refractivity (Wildman–Crippen MR) is 38.8 cm³/mol. The summed E-state index contributed by atoms with van der Waals surface area (Å²) in [6.07, 6.45) is 1.35. The summed E-state index contributed by atoms with van der Waals surface area (Å²) in [4.78, 5) is 14.2. The maximum absolute atomic E-state index is 10.3. The Balaban J connectivity index is 2.55. The molecule has 4 heteroatoms. The molecule has 0 radical (unpaired) electrons. The van der Waals surface area contributed by atoms with Gasteiger partial charge in [0, 0.05) is 5.71 Å². The van der Waals surface area contributed by atoms with Crippen LogP contribution in [0.1, 0.15) is 12.8 Å². The molecule has 0 aliphatic carbocycles. The Morgan fingerprint density at radius 3 is 2.90 bits per heavy atom. The van der Waals surface area contributed by atoms with E-state index in [1.807, 2.05) is 0 Å². The molecule has 3 nitrogen and oxygen atoms in total. The van der Waals surface area contributed by atoms with Crippen molar-refractivity contribution in [3.8, 4) is 0 Å². The van der Waals surface area contributed by atoms with Gasteiger partial charge in [-0.05, 0) is 12.8 Å². The molecule has 1 rings (SSSR count). The number of carbonyl (C=O) groups is 1. The Labute approximate surface area is 63.7 Å². The molecule has 0 aromatic heterocycles. The topological polar surface area (TPSA) is 49.7 Å². The fraction of sp³-hybridized carbons (Fsp3) is 0.667. The minimum atomic E-state index is -0.847. The van der Waals surface area contributed by atoms with Crippen LogP contribution in [-0.2, 0) is 4.79 Å². The molecule has 0 spiro atoms. The van der Waals surface area contributed by atoms with Crippen LogP contribution in [0.3, 0.4) is 0 Å². The second-order valence-electron chi connectivity index (χ2n) is 2.22. The van der Waals surface area contributed by atoms with E-state index in [1.54, 1.807) is 0 Å². The molecule has 0 aromatic rings. The standard InChI is InChI=1S/C6H8ClNO2/c7-3-4-1-2-5(8-4)6(9)10/h5H,1-3H2,(H,9,10)/t5-/m0/s1. The zero-order valence-corrected chi connectivity index (χ0v) is 6.14. The summed E-state index contributed by atoms with van der Waals surface area (Å²) >= 11 is 5.45. The van der Waals surface area contributed by atoms with Crippen LogP contribution < -0.4 is 0 Å². The lowest BCUT2D eigenvalue weighted by atomic mass is 10.2. The van der Waals surface area contributed by atoms with Crippen LogP contribution in [0.2, 0.25) is 0 Å². The fourth-order valence-electron chi connectivity index (χ4n) is 0.933. The van der Waals surface area contributed by atoms with E-state index >= 15 is 0 Å². The van der Waals surface area contributed by atoms with Gasteiger partial charge in [0.2, 0.25) is 0 Å². The summed E-state index contributed by atoms with van der Waals surface area (Å²) < 4.78 is 0. The van der Waals surface area contributed by atoms with Crippen LogP contribution >= 0.6 is 11.6 Å². The first kappa shape index (κ1) is 7.54. The number of carboxylic acid groups (broad SMARTS) is 1. The van der Waals surface area contributed by atoms with E-state index in [0.717, 1.165) is 12.1 Å². The monoisotopic (exact) mass is 161 g/mol. The van der Waals surface area contributed by atoms with E-state index in [1.165, 1.54) is 0 Å². The third-order valence-electron chi connectivity index (χ3n) is 1.48. The van der Waals surface area contributed by atoms with Gasteiger partial charge >= 0.3 is 5.97 Å². The zero-order chi connectivity index (χ0) is 7.56. The highest BCUT2D eigenvalue weighted by Crippen LogP contribution is 2.13. The van der Waals surface area contributed by atoms with Crippen molar-refractivity contribution in [2.75, 3.05) is 5.88 Å². The summed E-state index contributed by atoms with van der Waals surface area (Å²) in [6.45, 7) is 0. The van der Waals surface area contributed by atoms with Crippen LogP contribution in [0.15, 0.2) is 4.99 Å². The lowest BCUT2D eigenvalue weighted by molar-refractivity contribution is -0.138. The molecule has 0 aromatic carbocycles. The largest absolute Gasteiger partial charge is 0.480 e. The number of hydrogen-bond acceptors (Lipinski definition) is 2. The third kappa shape index (κ3) is 1.48. The number of rotatable bonds is 2. The molecule has 0 saturated heterocycles. The minimum absolute atomic E-state index is 0.365. The Hall–Kier alpha value is -0.570. The number of halogens is 1. The van der Waals surface area contributed by atoms with Crippen molar-refractivity contribution >= 4 is 23.3 Å². The molecule has 0 unspecified atom stereocenters. The average Bonchev–Trinajstić information content (AvgIpc) is 2.34. The number of aliphatic carboxylic acids is 1. The first-order valence-corrected chi connectivity index (χ1v) is 3.62. The lowest BCUT2D eigenvalue weighted by Crippen LogP contribution is -2.13. The second-order valence-corrected chi connectivity index (χ2v) is 2.49. The number of nitrogens with zero attached hydrogens (tertiary/aromatic N) is 1. The molecule has 1 aliphatic heterocycles. The normalized spacial score (nSPS) is 24.5. The van der Waals surface area contributed by atoms with Crippen molar-refractivity contribution in [3.05, 3.63) is 0 Å². The molecular weight excluding hydrogens is 154 g/mol. The summed E-state index contributed by atoms with van der Waals surface area (Å²) in [5.41, 5.74) is 0.814. The van der Waals surface area contributed by atoms with Crippen molar-refractivity contribution in [3.63, 3.8) is 0 Å². The van der Waals surface area contributed by atoms with Gasteiger partial charge in [-0.15, -0.1) is 11.6 Å². The molecule has 1 N–H and O–H groups in total. The SMILES string of the molecule is O=C(O)[C@@H]1CCC(CCl)=N1. The van der Waals surface area contributed by atoms with Crippen LogP contribution in [0.5, 0.6) is 0 Å². The first-order valence-electron chi connectivity index (χ1n) is 3.08. The maximum Gasteiger partial charge on any atom is 0.328 e. The molecular formula is C6H8ClNO2. The number of carboxylic acids is 1. The van der Waals surface area contributed by atoms with Gasteiger partial charge in [0.1, 0.15) is 6.04 Å². The molecule has 0 amide bonds. The highest BCUT2D eigenvalue weighted by molar-refractivity contribution is 6.29. The molecule has 0 saturated carbocycles. The lowest BCUT2D eigenvalue weighted by Gasteiger charge is -1.94. The van der Waals surface area contributed by atoms with Crippen LogP contribution in [0.25, 0.3) is 0 Å². The van der Waals surface area contributed by atoms with Crippen molar-refractivity contribution < 1.29 is 9.90 Å². The van der Waals surface area contributed by atoms with Crippen molar-refractivity contribution in [2.45, 2.75) is 18.9 Å². The highest BCUT2D eigenvalue weighted by Gasteiger charge is 2.22. The molecule has 0 fully saturated rings. The van der Waals surface area contributed by atoms with Gasteiger partial charge in [0.05, 0.1) is 5.88 Å². The summed E-state index contributed by atoms with van der Waals surface area (Å²) in [5.74, 6) is -0.482. The Kier molecular flexibility index (Phi) is 2.27.